The molecule has 182 valence electrons. The van der Waals surface area contributed by atoms with Crippen LogP contribution in [0.1, 0.15) is 38.3 Å². The number of hydrogen-bond acceptors (Lipinski definition) is 4. The van der Waals surface area contributed by atoms with Gasteiger partial charge in [0, 0.05) is 24.0 Å². The molecule has 0 unspecified atom stereocenters. The Bertz CT molecular complexity index is 1350. The molecular formula is C25H27F3N2O3S. The predicted molar refractivity (Wildman–Crippen MR) is 126 cm³/mol. The highest BCUT2D eigenvalue weighted by Crippen LogP contribution is 2.43. The molecule has 0 bridgehead atoms. The fourth-order valence-corrected chi connectivity index (χ4v) is 5.63. The lowest BCUT2D eigenvalue weighted by Gasteiger charge is -2.23. The van der Waals surface area contributed by atoms with Gasteiger partial charge in [0.15, 0.2) is 0 Å². The third kappa shape index (κ3) is 4.59. The molecule has 0 N–H and O–H groups in total. The summed E-state index contributed by atoms with van der Waals surface area (Å²) in [5, 5.41) is 0.396. The van der Waals surface area contributed by atoms with E-state index in [0.29, 0.717) is 34.4 Å². The van der Waals surface area contributed by atoms with E-state index in [9.17, 15) is 21.6 Å². The van der Waals surface area contributed by atoms with Gasteiger partial charge in [-0.3, -0.25) is 0 Å². The molecule has 3 aromatic rings. The zero-order chi connectivity index (χ0) is 24.9. The second-order valence-electron chi connectivity index (χ2n) is 9.53. The van der Waals surface area contributed by atoms with E-state index in [1.807, 2.05) is 38.8 Å². The average Bonchev–Trinajstić information content (AvgIpc) is 3.06. The van der Waals surface area contributed by atoms with Crippen molar-refractivity contribution in [2.75, 3.05) is 20.1 Å². The lowest BCUT2D eigenvalue weighted by Crippen LogP contribution is -2.25. The normalized spacial score (nSPS) is 16.0. The first-order chi connectivity index (χ1) is 15.8. The summed E-state index contributed by atoms with van der Waals surface area (Å²) in [6, 6.07) is 12.6. The Hall–Kier alpha value is -2.78. The number of ether oxygens (including phenoxy) is 1. The van der Waals surface area contributed by atoms with Crippen LogP contribution in [0.25, 0.3) is 16.5 Å². The van der Waals surface area contributed by atoms with Crippen LogP contribution in [0.2, 0.25) is 0 Å². The molecule has 2 aromatic carbocycles. The lowest BCUT2D eigenvalue weighted by atomic mass is 9.87. The highest BCUT2D eigenvalue weighted by molar-refractivity contribution is 7.90. The van der Waals surface area contributed by atoms with Gasteiger partial charge in [-0.25, -0.2) is 12.4 Å². The SMILES string of the molecule is CN1CC=C(c2c(OC(F)(F)F)n(S(=O)(=O)c3ccc(C(C)(C)C)cc3)c3ccccc23)CC1. The maximum atomic E-state index is 13.8. The Kier molecular flexibility index (Phi) is 6.06. The molecule has 0 radical (unpaired) electrons. The molecule has 2 heterocycles. The molecule has 0 saturated carbocycles. The van der Waals surface area contributed by atoms with Crippen molar-refractivity contribution in [3.63, 3.8) is 0 Å². The zero-order valence-corrected chi connectivity index (χ0v) is 20.3. The van der Waals surface area contributed by atoms with Gasteiger partial charge in [-0.2, -0.15) is 0 Å². The summed E-state index contributed by atoms with van der Waals surface area (Å²) in [5.41, 5.74) is 1.63. The number of hydrogen-bond donors (Lipinski definition) is 0. The fraction of sp³-hybridized carbons (Fsp3) is 0.360. The molecule has 1 aliphatic heterocycles. The molecule has 4 rings (SSSR count). The standard InChI is InChI=1S/C25H27F3N2O3S/c1-24(2,3)18-9-11-19(12-10-18)34(31,32)30-21-8-6-5-7-20(21)22(23(30)33-25(26,27)28)17-13-15-29(4)16-14-17/h5-13H,14-16H2,1-4H3. The number of benzene rings is 2. The third-order valence-corrected chi connectivity index (χ3v) is 7.71. The van der Waals surface area contributed by atoms with Crippen molar-refractivity contribution in [1.82, 2.24) is 8.87 Å². The molecule has 9 heteroatoms. The molecule has 34 heavy (non-hydrogen) atoms. The Labute approximate surface area is 197 Å². The lowest BCUT2D eigenvalue weighted by molar-refractivity contribution is -0.276. The number of likely N-dealkylation sites (N-methyl/N-ethyl adjacent to an activating group) is 1. The Morgan fingerprint density at radius 3 is 2.18 bits per heavy atom. The van der Waals surface area contributed by atoms with Crippen LogP contribution in [0.3, 0.4) is 0 Å². The average molecular weight is 493 g/mol. The largest absolute Gasteiger partial charge is 0.574 e. The van der Waals surface area contributed by atoms with Gasteiger partial charge in [-0.1, -0.05) is 57.2 Å². The molecule has 5 nitrogen and oxygen atoms in total. The topological polar surface area (TPSA) is 51.5 Å². The molecule has 1 aromatic heterocycles. The van der Waals surface area contributed by atoms with Crippen LogP contribution in [-0.4, -0.2) is 43.8 Å². The number of rotatable bonds is 4. The molecule has 0 fully saturated rings. The van der Waals surface area contributed by atoms with E-state index in [1.165, 1.54) is 18.2 Å². The minimum atomic E-state index is -5.07. The van der Waals surface area contributed by atoms with E-state index in [0.717, 1.165) is 5.56 Å². The molecular weight excluding hydrogens is 465 g/mol. The van der Waals surface area contributed by atoms with Gasteiger partial charge >= 0.3 is 6.36 Å². The summed E-state index contributed by atoms with van der Waals surface area (Å²) in [4.78, 5) is 1.91. The summed E-state index contributed by atoms with van der Waals surface area (Å²) < 4.78 is 73.4. The summed E-state index contributed by atoms with van der Waals surface area (Å²) in [5.74, 6) is -0.732. The van der Waals surface area contributed by atoms with E-state index in [4.69, 9.17) is 0 Å². The maximum absolute atomic E-state index is 13.8. The van der Waals surface area contributed by atoms with Gasteiger partial charge in [0.25, 0.3) is 10.0 Å². The van der Waals surface area contributed by atoms with Gasteiger partial charge < -0.3 is 9.64 Å². The van der Waals surface area contributed by atoms with E-state index >= 15 is 0 Å². The first-order valence-corrected chi connectivity index (χ1v) is 12.4. The minimum absolute atomic E-state index is 0.114. The molecule has 0 atom stereocenters. The van der Waals surface area contributed by atoms with Crippen LogP contribution in [-0.2, 0) is 15.4 Å². The number of aromatic nitrogens is 1. The highest BCUT2D eigenvalue weighted by Gasteiger charge is 2.38. The molecule has 0 spiro atoms. The summed E-state index contributed by atoms with van der Waals surface area (Å²) in [6.45, 7) is 7.16. The number of halogens is 3. The first kappa shape index (κ1) is 24.3. The van der Waals surface area contributed by atoms with E-state index < -0.39 is 22.3 Å². The van der Waals surface area contributed by atoms with E-state index in [-0.39, 0.29) is 21.4 Å². The van der Waals surface area contributed by atoms with Crippen molar-refractivity contribution in [2.24, 2.45) is 0 Å². The van der Waals surface area contributed by atoms with Crippen LogP contribution in [0.15, 0.2) is 59.5 Å². The number of para-hydroxylation sites is 1. The van der Waals surface area contributed by atoms with Crippen LogP contribution in [0.4, 0.5) is 13.2 Å². The van der Waals surface area contributed by atoms with E-state index in [1.54, 1.807) is 30.3 Å². The smallest absolute Gasteiger partial charge is 0.388 e. The Morgan fingerprint density at radius 2 is 1.62 bits per heavy atom. The van der Waals surface area contributed by atoms with Crippen molar-refractivity contribution < 1.29 is 26.3 Å². The van der Waals surface area contributed by atoms with Crippen molar-refractivity contribution in [3.8, 4) is 5.88 Å². The maximum Gasteiger partial charge on any atom is 0.574 e. The second kappa shape index (κ2) is 8.46. The van der Waals surface area contributed by atoms with Gasteiger partial charge in [0.05, 0.1) is 10.4 Å². The van der Waals surface area contributed by atoms with Gasteiger partial charge in [0.1, 0.15) is 0 Å². The second-order valence-corrected chi connectivity index (χ2v) is 11.3. The van der Waals surface area contributed by atoms with Crippen LogP contribution in [0.5, 0.6) is 5.88 Å². The number of fused-ring (bicyclic) bond motifs is 1. The summed E-state index contributed by atoms with van der Waals surface area (Å²) in [7, 11) is -2.49. The predicted octanol–water partition coefficient (Wildman–Crippen LogP) is 5.79. The van der Waals surface area contributed by atoms with Gasteiger partial charge in [-0.15, -0.1) is 13.2 Å². The Balaban J connectivity index is 1.99. The highest BCUT2D eigenvalue weighted by atomic mass is 32.2. The summed E-state index contributed by atoms with van der Waals surface area (Å²) in [6.07, 6.45) is -2.78. The first-order valence-electron chi connectivity index (χ1n) is 10.9. The molecule has 0 saturated heterocycles. The summed E-state index contributed by atoms with van der Waals surface area (Å²) >= 11 is 0. The quantitative estimate of drug-likeness (QED) is 0.462. The van der Waals surface area contributed by atoms with Crippen molar-refractivity contribution in [1.29, 1.82) is 0 Å². The van der Waals surface area contributed by atoms with Crippen LogP contribution in [0, 0.1) is 0 Å². The van der Waals surface area contributed by atoms with Gasteiger partial charge in [-0.05, 0) is 48.2 Å². The number of alkyl halides is 3. The van der Waals surface area contributed by atoms with Crippen molar-refractivity contribution in [3.05, 3.63) is 65.7 Å². The van der Waals surface area contributed by atoms with Crippen molar-refractivity contribution in [2.45, 2.75) is 43.9 Å². The van der Waals surface area contributed by atoms with Crippen molar-refractivity contribution >= 4 is 26.5 Å². The zero-order valence-electron chi connectivity index (χ0n) is 19.5. The minimum Gasteiger partial charge on any atom is -0.388 e. The van der Waals surface area contributed by atoms with Crippen LogP contribution < -0.4 is 4.74 Å². The Morgan fingerprint density at radius 1 is 0.971 bits per heavy atom. The van der Waals surface area contributed by atoms with Crippen LogP contribution >= 0.6 is 0 Å². The monoisotopic (exact) mass is 492 g/mol. The van der Waals surface area contributed by atoms with Gasteiger partial charge in [0.2, 0.25) is 5.88 Å². The number of nitrogens with zero attached hydrogens (tertiary/aromatic N) is 2. The molecule has 0 amide bonds. The third-order valence-electron chi connectivity index (χ3n) is 5.99. The fourth-order valence-electron chi connectivity index (χ4n) is 4.17. The molecule has 1 aliphatic rings. The van der Waals surface area contributed by atoms with E-state index in [2.05, 4.69) is 4.74 Å². The molecule has 0 aliphatic carbocycles.